The zero-order chi connectivity index (χ0) is 25.2. The Morgan fingerprint density at radius 2 is 1.72 bits per heavy atom. The van der Waals surface area contributed by atoms with Gasteiger partial charge in [0.05, 0.1) is 22.3 Å². The Balaban J connectivity index is 1.54. The van der Waals surface area contributed by atoms with Crippen LogP contribution in [0, 0.1) is 6.92 Å². The number of benzene rings is 3. The number of aromatic nitrogens is 4. The molecule has 0 aliphatic heterocycles. The summed E-state index contributed by atoms with van der Waals surface area (Å²) in [6.45, 7) is 6.30. The van der Waals surface area contributed by atoms with E-state index in [9.17, 15) is 9.59 Å². The van der Waals surface area contributed by atoms with E-state index < -0.39 is 0 Å². The lowest BCUT2D eigenvalue weighted by Crippen LogP contribution is -2.22. The normalized spacial score (nSPS) is 12.2. The van der Waals surface area contributed by atoms with Gasteiger partial charge in [-0.2, -0.15) is 0 Å². The molecule has 0 aliphatic carbocycles. The van der Waals surface area contributed by atoms with Gasteiger partial charge in [0.25, 0.3) is 5.56 Å². The molecule has 0 radical (unpaired) electrons. The summed E-state index contributed by atoms with van der Waals surface area (Å²) < 4.78 is 3.44. The molecule has 1 atom stereocenters. The van der Waals surface area contributed by atoms with Crippen LogP contribution in [0.15, 0.2) is 82.7 Å². The molecule has 36 heavy (non-hydrogen) atoms. The molecule has 0 saturated heterocycles. The maximum absolute atomic E-state index is 13.5. The lowest BCUT2D eigenvalue weighted by atomic mass is 9.98. The van der Waals surface area contributed by atoms with E-state index in [1.807, 2.05) is 65.9 Å². The Morgan fingerprint density at radius 1 is 1.00 bits per heavy atom. The number of carbonyl (C=O) groups excluding carboxylic acids is 1. The van der Waals surface area contributed by atoms with E-state index in [1.165, 1.54) is 17.3 Å². The molecule has 5 aromatic rings. The van der Waals surface area contributed by atoms with Crippen molar-refractivity contribution in [1.82, 2.24) is 19.2 Å². The summed E-state index contributed by atoms with van der Waals surface area (Å²) in [7, 11) is 0. The van der Waals surface area contributed by atoms with Crippen LogP contribution in [0.5, 0.6) is 0 Å². The van der Waals surface area contributed by atoms with Gasteiger partial charge in [-0.3, -0.25) is 14.0 Å². The molecule has 0 aliphatic rings. The quantitative estimate of drug-likeness (QED) is 0.297. The number of amides is 1. The number of para-hydroxylation sites is 2. The summed E-state index contributed by atoms with van der Waals surface area (Å²) in [5.74, 6) is 0.877. The topological polar surface area (TPSA) is 81.3 Å². The Morgan fingerprint density at radius 3 is 2.47 bits per heavy atom. The number of rotatable bonds is 7. The van der Waals surface area contributed by atoms with E-state index in [-0.39, 0.29) is 17.2 Å². The maximum Gasteiger partial charge on any atom is 0.267 e. The fourth-order valence-electron chi connectivity index (χ4n) is 4.22. The van der Waals surface area contributed by atoms with Gasteiger partial charge in [-0.25, -0.2) is 4.57 Å². The zero-order valence-corrected chi connectivity index (χ0v) is 21.2. The highest BCUT2D eigenvalue weighted by Gasteiger charge is 2.19. The van der Waals surface area contributed by atoms with Crippen molar-refractivity contribution in [2.75, 3.05) is 11.1 Å². The van der Waals surface area contributed by atoms with Gasteiger partial charge in [0, 0.05) is 5.69 Å². The second kappa shape index (κ2) is 9.99. The predicted octanol–water partition coefficient (Wildman–Crippen LogP) is 5.59. The molecule has 2 aromatic heterocycles. The molecule has 182 valence electrons. The maximum atomic E-state index is 13.5. The Hall–Kier alpha value is -3.91. The third-order valence-corrected chi connectivity index (χ3v) is 7.41. The van der Waals surface area contributed by atoms with Crippen LogP contribution in [0.4, 0.5) is 5.69 Å². The number of anilines is 1. The molecule has 0 fully saturated rings. The molecule has 0 saturated carbocycles. The highest BCUT2D eigenvalue weighted by molar-refractivity contribution is 7.99. The smallest absolute Gasteiger partial charge is 0.267 e. The first-order valence-corrected chi connectivity index (χ1v) is 12.9. The van der Waals surface area contributed by atoms with Crippen molar-refractivity contribution < 1.29 is 4.79 Å². The number of hydrogen-bond donors (Lipinski definition) is 1. The van der Waals surface area contributed by atoms with Gasteiger partial charge < -0.3 is 5.32 Å². The third kappa shape index (κ3) is 4.40. The first-order chi connectivity index (χ1) is 17.5. The molecule has 5 rings (SSSR count). The summed E-state index contributed by atoms with van der Waals surface area (Å²) in [6.07, 6.45) is 1.04. The van der Waals surface area contributed by atoms with Crippen LogP contribution >= 0.6 is 11.8 Å². The fourth-order valence-corrected chi connectivity index (χ4v) is 4.96. The van der Waals surface area contributed by atoms with E-state index in [2.05, 4.69) is 41.5 Å². The van der Waals surface area contributed by atoms with Crippen LogP contribution < -0.4 is 10.9 Å². The average molecular weight is 498 g/mol. The Kier molecular flexibility index (Phi) is 6.61. The van der Waals surface area contributed by atoms with Gasteiger partial charge in [-0.15, -0.1) is 10.2 Å². The molecule has 1 amide bonds. The minimum atomic E-state index is -0.157. The van der Waals surface area contributed by atoms with Gasteiger partial charge in [-0.05, 0) is 60.7 Å². The van der Waals surface area contributed by atoms with E-state index in [0.717, 1.165) is 23.4 Å². The SMILES string of the molecule is CC[C@@H](C)c1ccc(-n2c(=O)c3ccccc3n3c(SCC(=O)Nc4ccccc4C)nnc23)cc1. The van der Waals surface area contributed by atoms with Gasteiger partial charge >= 0.3 is 0 Å². The number of thioether (sulfide) groups is 1. The highest BCUT2D eigenvalue weighted by atomic mass is 32.2. The molecule has 3 aromatic carbocycles. The molecule has 0 bridgehead atoms. The molecule has 8 heteroatoms. The summed E-state index contributed by atoms with van der Waals surface area (Å²) in [4.78, 5) is 26.2. The summed E-state index contributed by atoms with van der Waals surface area (Å²) in [6, 6.07) is 23.1. The number of nitrogens with one attached hydrogen (secondary N) is 1. The van der Waals surface area contributed by atoms with Gasteiger partial charge in [0.1, 0.15) is 0 Å². The van der Waals surface area contributed by atoms with Gasteiger partial charge in [-0.1, -0.05) is 68.1 Å². The predicted molar refractivity (Wildman–Crippen MR) is 145 cm³/mol. The second-order valence-electron chi connectivity index (χ2n) is 8.83. The van der Waals surface area contributed by atoms with Gasteiger partial charge in [0.15, 0.2) is 5.16 Å². The second-order valence-corrected chi connectivity index (χ2v) is 9.77. The molecular weight excluding hydrogens is 470 g/mol. The average Bonchev–Trinajstić information content (AvgIpc) is 3.32. The molecule has 7 nitrogen and oxygen atoms in total. The first-order valence-electron chi connectivity index (χ1n) is 12.0. The van der Waals surface area contributed by atoms with Crippen LogP contribution in [-0.2, 0) is 4.79 Å². The largest absolute Gasteiger partial charge is 0.325 e. The minimum Gasteiger partial charge on any atom is -0.325 e. The van der Waals surface area contributed by atoms with Crippen LogP contribution in [0.2, 0.25) is 0 Å². The Labute approximate surface area is 213 Å². The van der Waals surface area contributed by atoms with Crippen molar-refractivity contribution in [2.45, 2.75) is 38.3 Å². The lowest BCUT2D eigenvalue weighted by Gasteiger charge is -2.13. The van der Waals surface area contributed by atoms with Gasteiger partial charge in [0.2, 0.25) is 11.7 Å². The lowest BCUT2D eigenvalue weighted by molar-refractivity contribution is -0.113. The van der Waals surface area contributed by atoms with Crippen LogP contribution in [0.1, 0.15) is 37.3 Å². The zero-order valence-electron chi connectivity index (χ0n) is 20.4. The van der Waals surface area contributed by atoms with Crippen molar-refractivity contribution in [1.29, 1.82) is 0 Å². The third-order valence-electron chi connectivity index (χ3n) is 6.48. The van der Waals surface area contributed by atoms with Crippen LogP contribution in [0.3, 0.4) is 0 Å². The summed E-state index contributed by atoms with van der Waals surface area (Å²) in [5, 5.41) is 12.8. The number of nitrogens with zero attached hydrogens (tertiary/aromatic N) is 4. The van der Waals surface area contributed by atoms with Crippen LogP contribution in [-0.4, -0.2) is 30.8 Å². The standard InChI is InChI=1S/C28H27N5O2S/c1-4-18(2)20-13-15-21(16-14-20)32-26(35)22-10-6-8-12-24(22)33-27(32)30-31-28(33)36-17-25(34)29-23-11-7-5-9-19(23)3/h5-16,18H,4,17H2,1-3H3,(H,29,34)/t18-/m1/s1. The number of carbonyl (C=O) groups is 1. The monoisotopic (exact) mass is 497 g/mol. The van der Waals surface area contributed by atoms with E-state index in [4.69, 9.17) is 0 Å². The first kappa shape index (κ1) is 23.8. The fraction of sp³-hybridized carbons (Fsp3) is 0.214. The van der Waals surface area contributed by atoms with E-state index >= 15 is 0 Å². The van der Waals surface area contributed by atoms with Crippen molar-refractivity contribution in [3.05, 3.63) is 94.3 Å². The number of fused-ring (bicyclic) bond motifs is 3. The van der Waals surface area contributed by atoms with E-state index in [1.54, 1.807) is 10.6 Å². The molecule has 0 unspecified atom stereocenters. The molecule has 0 spiro atoms. The minimum absolute atomic E-state index is 0.135. The Bertz CT molecular complexity index is 1620. The number of aryl methyl sites for hydroxylation is 1. The number of hydrogen-bond acceptors (Lipinski definition) is 5. The summed E-state index contributed by atoms with van der Waals surface area (Å²) in [5.41, 5.74) is 4.28. The van der Waals surface area contributed by atoms with Crippen LogP contribution in [0.25, 0.3) is 22.4 Å². The molecular formula is C28H27N5O2S. The van der Waals surface area contributed by atoms with Crippen molar-refractivity contribution >= 4 is 40.0 Å². The van der Waals surface area contributed by atoms with E-state index in [0.29, 0.717) is 27.8 Å². The molecule has 2 heterocycles. The van der Waals surface area contributed by atoms with Crippen molar-refractivity contribution in [3.63, 3.8) is 0 Å². The van der Waals surface area contributed by atoms with Crippen molar-refractivity contribution in [2.24, 2.45) is 0 Å². The van der Waals surface area contributed by atoms with Crippen molar-refractivity contribution in [3.8, 4) is 5.69 Å². The summed E-state index contributed by atoms with van der Waals surface area (Å²) >= 11 is 1.29. The molecule has 1 N–H and O–H groups in total. The highest BCUT2D eigenvalue weighted by Crippen LogP contribution is 2.25.